The quantitative estimate of drug-likeness (QED) is 0.722. The standard InChI is InChI=1S/C19H19N3O4S2/c1-10-9-27-17(21-10)13(7-20)14(24)8-26-19(25)16-12-5-3-4-6-15(12)28-18(16)22-11(2)23/h9,13H,3-6,8H2,1-2H3,(H,22,23)/t13-/m0/s1. The van der Waals surface area contributed by atoms with E-state index in [2.05, 4.69) is 10.3 Å². The molecule has 0 radical (unpaired) electrons. The third-order valence-corrected chi connectivity index (χ3v) is 6.58. The summed E-state index contributed by atoms with van der Waals surface area (Å²) in [6.07, 6.45) is 3.60. The fourth-order valence-electron chi connectivity index (χ4n) is 3.09. The van der Waals surface area contributed by atoms with Gasteiger partial charge in [0.2, 0.25) is 5.91 Å². The molecule has 9 heteroatoms. The molecule has 3 rings (SSSR count). The number of rotatable bonds is 6. The molecule has 0 unspecified atom stereocenters. The zero-order valence-corrected chi connectivity index (χ0v) is 17.2. The Morgan fingerprint density at radius 1 is 1.36 bits per heavy atom. The molecule has 0 saturated heterocycles. The van der Waals surface area contributed by atoms with E-state index in [4.69, 9.17) is 4.74 Å². The molecular formula is C19H19N3O4S2. The smallest absolute Gasteiger partial charge is 0.341 e. The van der Waals surface area contributed by atoms with Crippen LogP contribution in [0.25, 0.3) is 0 Å². The van der Waals surface area contributed by atoms with E-state index in [9.17, 15) is 19.6 Å². The number of nitrogens with zero attached hydrogens (tertiary/aromatic N) is 2. The van der Waals surface area contributed by atoms with Crippen LogP contribution in [0.3, 0.4) is 0 Å². The van der Waals surface area contributed by atoms with Crippen molar-refractivity contribution in [1.82, 2.24) is 4.98 Å². The molecule has 1 aliphatic carbocycles. The molecule has 0 fully saturated rings. The number of nitriles is 1. The third kappa shape index (κ3) is 4.29. The predicted molar refractivity (Wildman–Crippen MR) is 106 cm³/mol. The molecule has 0 aliphatic heterocycles. The highest BCUT2D eigenvalue weighted by Crippen LogP contribution is 2.38. The zero-order valence-electron chi connectivity index (χ0n) is 15.5. The van der Waals surface area contributed by atoms with Crippen LogP contribution in [0.1, 0.15) is 57.2 Å². The van der Waals surface area contributed by atoms with E-state index in [1.807, 2.05) is 6.07 Å². The second kappa shape index (κ2) is 8.63. The summed E-state index contributed by atoms with van der Waals surface area (Å²) >= 11 is 2.61. The van der Waals surface area contributed by atoms with Crippen LogP contribution in [0.4, 0.5) is 5.00 Å². The minimum atomic E-state index is -1.06. The van der Waals surface area contributed by atoms with Gasteiger partial charge in [-0.1, -0.05) is 0 Å². The van der Waals surface area contributed by atoms with Crippen molar-refractivity contribution < 1.29 is 19.1 Å². The average Bonchev–Trinajstić information content (AvgIpc) is 3.23. The summed E-state index contributed by atoms with van der Waals surface area (Å²) < 4.78 is 5.24. The largest absolute Gasteiger partial charge is 0.454 e. The number of aromatic nitrogens is 1. The number of anilines is 1. The first-order valence-corrected chi connectivity index (χ1v) is 10.5. The number of ether oxygens (including phenoxy) is 1. The Kier molecular flexibility index (Phi) is 6.21. The SMILES string of the molecule is CC(=O)Nc1sc2c(c1C(=O)OCC(=O)[C@H](C#N)c1nc(C)cs1)CCCC2. The van der Waals surface area contributed by atoms with E-state index in [1.54, 1.807) is 12.3 Å². The zero-order chi connectivity index (χ0) is 20.3. The first kappa shape index (κ1) is 20.2. The molecule has 1 aliphatic rings. The molecule has 2 heterocycles. The first-order valence-electron chi connectivity index (χ1n) is 8.84. The number of carbonyl (C=O) groups is 3. The molecule has 28 heavy (non-hydrogen) atoms. The lowest BCUT2D eigenvalue weighted by atomic mass is 9.95. The monoisotopic (exact) mass is 417 g/mol. The first-order chi connectivity index (χ1) is 13.4. The molecular weight excluding hydrogens is 398 g/mol. The van der Waals surface area contributed by atoms with Gasteiger partial charge in [0.15, 0.2) is 18.3 Å². The molecule has 0 aromatic carbocycles. The van der Waals surface area contributed by atoms with E-state index in [-0.39, 0.29) is 5.91 Å². The van der Waals surface area contributed by atoms with Gasteiger partial charge in [-0.15, -0.1) is 22.7 Å². The van der Waals surface area contributed by atoms with Crippen LogP contribution in [0.5, 0.6) is 0 Å². The summed E-state index contributed by atoms with van der Waals surface area (Å²) in [5.74, 6) is -2.50. The number of hydrogen-bond acceptors (Lipinski definition) is 8. The van der Waals surface area contributed by atoms with Crippen LogP contribution in [-0.2, 0) is 27.2 Å². The lowest BCUT2D eigenvalue weighted by Crippen LogP contribution is -2.21. The molecule has 2 aromatic rings. The van der Waals surface area contributed by atoms with E-state index >= 15 is 0 Å². The van der Waals surface area contributed by atoms with Crippen molar-refractivity contribution in [3.05, 3.63) is 32.1 Å². The fourth-order valence-corrected chi connectivity index (χ4v) is 5.28. The Morgan fingerprint density at radius 2 is 2.11 bits per heavy atom. The molecule has 146 valence electrons. The van der Waals surface area contributed by atoms with Gasteiger partial charge < -0.3 is 10.1 Å². The highest BCUT2D eigenvalue weighted by atomic mass is 32.1. The number of hydrogen-bond donors (Lipinski definition) is 1. The highest BCUT2D eigenvalue weighted by Gasteiger charge is 2.29. The summed E-state index contributed by atoms with van der Waals surface area (Å²) in [4.78, 5) is 41.9. The second-order valence-electron chi connectivity index (χ2n) is 6.53. The summed E-state index contributed by atoms with van der Waals surface area (Å²) in [6, 6.07) is 1.93. The van der Waals surface area contributed by atoms with Crippen LogP contribution >= 0.6 is 22.7 Å². The van der Waals surface area contributed by atoms with Crippen molar-refractivity contribution in [1.29, 1.82) is 5.26 Å². The van der Waals surface area contributed by atoms with Gasteiger partial charge in [0.05, 0.1) is 11.6 Å². The number of fused-ring (bicyclic) bond motifs is 1. The van der Waals surface area contributed by atoms with Gasteiger partial charge in [0.25, 0.3) is 0 Å². The van der Waals surface area contributed by atoms with Crippen LogP contribution < -0.4 is 5.32 Å². The molecule has 1 amide bonds. The van der Waals surface area contributed by atoms with Crippen molar-refractivity contribution in [2.24, 2.45) is 0 Å². The van der Waals surface area contributed by atoms with Gasteiger partial charge >= 0.3 is 5.97 Å². The highest BCUT2D eigenvalue weighted by molar-refractivity contribution is 7.17. The minimum absolute atomic E-state index is 0.271. The lowest BCUT2D eigenvalue weighted by molar-refractivity contribution is -0.122. The van der Waals surface area contributed by atoms with Gasteiger partial charge in [-0.25, -0.2) is 9.78 Å². The number of nitrogens with one attached hydrogen (secondary N) is 1. The van der Waals surface area contributed by atoms with Gasteiger partial charge in [-0.05, 0) is 38.2 Å². The van der Waals surface area contributed by atoms with Crippen molar-refractivity contribution in [3.63, 3.8) is 0 Å². The van der Waals surface area contributed by atoms with E-state index in [1.165, 1.54) is 29.6 Å². The Bertz CT molecular complexity index is 970. The van der Waals surface area contributed by atoms with Gasteiger partial charge in [0.1, 0.15) is 10.0 Å². The van der Waals surface area contributed by atoms with E-state index in [0.29, 0.717) is 15.6 Å². The fraction of sp³-hybridized carbons (Fsp3) is 0.421. The maximum Gasteiger partial charge on any atom is 0.341 e. The van der Waals surface area contributed by atoms with Crippen LogP contribution in [0, 0.1) is 18.3 Å². The Labute approximate surface area is 170 Å². The maximum absolute atomic E-state index is 12.7. The van der Waals surface area contributed by atoms with Crippen LogP contribution in [0.2, 0.25) is 0 Å². The third-order valence-electron chi connectivity index (χ3n) is 4.35. The van der Waals surface area contributed by atoms with Gasteiger partial charge in [-0.3, -0.25) is 9.59 Å². The van der Waals surface area contributed by atoms with E-state index in [0.717, 1.165) is 41.8 Å². The number of ketones is 1. The number of Topliss-reactive ketones (excluding diaryl/α,β-unsaturated/α-hetero) is 1. The van der Waals surface area contributed by atoms with Crippen molar-refractivity contribution in [2.75, 3.05) is 11.9 Å². The summed E-state index contributed by atoms with van der Waals surface area (Å²) in [5.41, 5.74) is 1.96. The molecule has 0 saturated carbocycles. The number of carbonyl (C=O) groups excluding carboxylic acids is 3. The van der Waals surface area contributed by atoms with E-state index < -0.39 is 24.3 Å². The number of esters is 1. The van der Waals surface area contributed by atoms with Gasteiger partial charge in [0, 0.05) is 22.9 Å². The minimum Gasteiger partial charge on any atom is -0.454 e. The van der Waals surface area contributed by atoms with Crippen LogP contribution in [-0.4, -0.2) is 29.3 Å². The second-order valence-corrected chi connectivity index (χ2v) is 8.52. The van der Waals surface area contributed by atoms with Crippen molar-refractivity contribution in [2.45, 2.75) is 45.4 Å². The number of thiophene rings is 1. The van der Waals surface area contributed by atoms with Crippen molar-refractivity contribution >= 4 is 45.3 Å². The molecule has 1 atom stereocenters. The summed E-state index contributed by atoms with van der Waals surface area (Å²) in [5, 5.41) is 14.6. The molecule has 7 nitrogen and oxygen atoms in total. The lowest BCUT2D eigenvalue weighted by Gasteiger charge is -2.13. The normalized spacial score (nSPS) is 13.9. The molecule has 2 aromatic heterocycles. The summed E-state index contributed by atoms with van der Waals surface area (Å²) in [6.45, 7) is 2.65. The summed E-state index contributed by atoms with van der Waals surface area (Å²) in [7, 11) is 0. The van der Waals surface area contributed by atoms with Crippen molar-refractivity contribution in [3.8, 4) is 6.07 Å². The van der Waals surface area contributed by atoms with Gasteiger partial charge in [-0.2, -0.15) is 5.26 Å². The Hall–Kier alpha value is -2.57. The number of amides is 1. The molecule has 0 spiro atoms. The number of aryl methyl sites for hydroxylation is 2. The Morgan fingerprint density at radius 3 is 2.75 bits per heavy atom. The average molecular weight is 418 g/mol. The topological polar surface area (TPSA) is 109 Å². The predicted octanol–water partition coefficient (Wildman–Crippen LogP) is 3.38. The van der Waals surface area contributed by atoms with Crippen LogP contribution in [0.15, 0.2) is 5.38 Å². The Balaban J connectivity index is 1.76. The maximum atomic E-state index is 12.7. The number of thiazole rings is 1. The molecule has 0 bridgehead atoms. The molecule has 1 N–H and O–H groups in total.